The van der Waals surface area contributed by atoms with E-state index in [0.29, 0.717) is 51.4 Å². The van der Waals surface area contributed by atoms with E-state index in [1.165, 1.54) is 34.6 Å². The van der Waals surface area contributed by atoms with Gasteiger partial charge in [0, 0.05) is 0 Å². The minimum Gasteiger partial charge on any atom is -0.170 e. The summed E-state index contributed by atoms with van der Waals surface area (Å²) >= 11 is 0. The predicted molar refractivity (Wildman–Crippen MR) is 279 cm³/mol. The first-order chi connectivity index (χ1) is 32.2. The van der Waals surface area contributed by atoms with Gasteiger partial charge in [-0.1, -0.05) is 232 Å². The van der Waals surface area contributed by atoms with Crippen molar-refractivity contribution in [1.82, 2.24) is 0 Å². The first kappa shape index (κ1) is 80.8. The molecule has 0 saturated carbocycles. The molecule has 0 unspecified atom stereocenters. The Hall–Kier alpha value is -1.05. The first-order valence-electron chi connectivity index (χ1n) is 27.5. The highest BCUT2D eigenvalue weighted by Gasteiger charge is 2.62. The van der Waals surface area contributed by atoms with Crippen LogP contribution >= 0.6 is 0 Å². The molecule has 0 spiro atoms. The number of rotatable bonds is 20. The van der Waals surface area contributed by atoms with E-state index in [1.807, 2.05) is 83.1 Å². The monoisotopic (exact) mass is 1090 g/mol. The van der Waals surface area contributed by atoms with E-state index in [4.69, 9.17) is 0 Å². The summed E-state index contributed by atoms with van der Waals surface area (Å²) in [4.78, 5) is 0. The van der Waals surface area contributed by atoms with Crippen LogP contribution in [0.25, 0.3) is 0 Å². The minimum atomic E-state index is -4.14. The van der Waals surface area contributed by atoms with Crippen molar-refractivity contribution >= 4 is 0 Å². The smallest absolute Gasteiger partial charge is 0.170 e. The van der Waals surface area contributed by atoms with Crippen molar-refractivity contribution in [1.29, 1.82) is 0 Å². The van der Waals surface area contributed by atoms with Gasteiger partial charge in [0.15, 0.2) is 0 Å². The van der Waals surface area contributed by atoms with E-state index in [-0.39, 0.29) is 53.3 Å². The van der Waals surface area contributed by atoms with Gasteiger partial charge in [-0.2, -0.15) is 65.9 Å². The third-order valence-corrected chi connectivity index (χ3v) is 19.4. The van der Waals surface area contributed by atoms with Crippen molar-refractivity contribution in [2.75, 3.05) is 0 Å². The van der Waals surface area contributed by atoms with Crippen LogP contribution in [0.15, 0.2) is 0 Å². The van der Waals surface area contributed by atoms with Crippen LogP contribution < -0.4 is 0 Å². The summed E-state index contributed by atoms with van der Waals surface area (Å²) in [6.07, 6.45) is -15.9. The van der Waals surface area contributed by atoms with Gasteiger partial charge in [0.25, 0.3) is 0 Å². The van der Waals surface area contributed by atoms with Gasteiger partial charge in [0.1, 0.15) is 0 Å². The third kappa shape index (κ3) is 19.1. The average molecular weight is 1090 g/mol. The third-order valence-electron chi connectivity index (χ3n) is 19.4. The fourth-order valence-corrected chi connectivity index (χ4v) is 12.0. The SMILES string of the molecule is CC(C)C(C(C)C)[C@](C)(C(C)C)C(F)(F)F.CC(C)C(C)(C(C)C)C(F)(F)F.CCC(C)(CC)[C@](C)(C(C)C)C(F)(F)F.CCC(CC)C(C)(C(CC)CC)C(F)(F)F.CCC(CC)[C@](C)(C(C)C)C(F)(F)F. The van der Waals surface area contributed by atoms with Gasteiger partial charge >= 0.3 is 30.9 Å². The van der Waals surface area contributed by atoms with Gasteiger partial charge in [-0.3, -0.25) is 0 Å². The van der Waals surface area contributed by atoms with E-state index < -0.39 is 75.2 Å². The van der Waals surface area contributed by atoms with Crippen molar-refractivity contribution < 1.29 is 65.9 Å². The molecule has 448 valence electrons. The van der Waals surface area contributed by atoms with E-state index in [1.54, 1.807) is 76.2 Å². The van der Waals surface area contributed by atoms with Gasteiger partial charge in [-0.15, -0.1) is 0 Å². The Morgan fingerprint density at radius 2 is 0.466 bits per heavy atom. The largest absolute Gasteiger partial charge is 0.395 e. The highest BCUT2D eigenvalue weighted by Crippen LogP contribution is 2.59. The van der Waals surface area contributed by atoms with Crippen LogP contribution in [-0.4, -0.2) is 30.9 Å². The first-order valence-corrected chi connectivity index (χ1v) is 27.5. The zero-order valence-electron chi connectivity index (χ0n) is 51.2. The molecule has 0 N–H and O–H groups in total. The van der Waals surface area contributed by atoms with Gasteiger partial charge in [0.2, 0.25) is 0 Å². The van der Waals surface area contributed by atoms with Crippen molar-refractivity contribution in [2.45, 2.75) is 276 Å². The lowest BCUT2D eigenvalue weighted by Crippen LogP contribution is -2.51. The van der Waals surface area contributed by atoms with Gasteiger partial charge < -0.3 is 0 Å². The topological polar surface area (TPSA) is 0 Å². The van der Waals surface area contributed by atoms with E-state index in [0.717, 1.165) is 0 Å². The molecule has 0 aliphatic carbocycles. The normalized spacial score (nSPS) is 16.4. The Balaban J connectivity index is -0.000000265. The number of halogens is 15. The Morgan fingerprint density at radius 1 is 0.260 bits per heavy atom. The molecule has 0 rings (SSSR count). The summed E-state index contributed by atoms with van der Waals surface area (Å²) in [7, 11) is 0. The maximum atomic E-state index is 13.4. The second-order valence-electron chi connectivity index (χ2n) is 24.4. The molecule has 0 aromatic rings. The van der Waals surface area contributed by atoms with Gasteiger partial charge in [0.05, 0.1) is 27.1 Å². The molecule has 73 heavy (non-hydrogen) atoms. The Kier molecular flexibility index (Phi) is 34.2. The summed E-state index contributed by atoms with van der Waals surface area (Å²) in [5.41, 5.74) is -8.53. The summed E-state index contributed by atoms with van der Waals surface area (Å²) in [6.45, 7) is 47.4. The predicted octanol–water partition coefficient (Wildman–Crippen LogP) is 24.1. The lowest BCUT2D eigenvalue weighted by molar-refractivity contribution is -0.275. The lowest BCUT2D eigenvalue weighted by Gasteiger charge is -2.49. The van der Waals surface area contributed by atoms with Crippen molar-refractivity contribution in [3.63, 3.8) is 0 Å². The van der Waals surface area contributed by atoms with E-state index in [9.17, 15) is 65.9 Å². The lowest BCUT2D eigenvalue weighted by atomic mass is 9.57. The fourth-order valence-electron chi connectivity index (χ4n) is 12.0. The zero-order chi connectivity index (χ0) is 60.5. The molecule has 0 bridgehead atoms. The summed E-state index contributed by atoms with van der Waals surface area (Å²) in [5, 5.41) is 0. The van der Waals surface area contributed by atoms with Crippen LogP contribution in [0.5, 0.6) is 0 Å². The number of hydrogen-bond donors (Lipinski definition) is 0. The Bertz CT molecular complexity index is 1370. The molecule has 15 heteroatoms. The van der Waals surface area contributed by atoms with Crippen molar-refractivity contribution in [2.24, 2.45) is 97.6 Å². The number of hydrogen-bond acceptors (Lipinski definition) is 0. The highest BCUT2D eigenvalue weighted by molar-refractivity contribution is 4.99. The molecule has 0 aromatic carbocycles. The quantitative estimate of drug-likeness (QED) is 0.107. The highest BCUT2D eigenvalue weighted by atomic mass is 19.4. The molecule has 0 heterocycles. The number of alkyl halides is 15. The summed E-state index contributed by atoms with van der Waals surface area (Å²) < 4.78 is 196. The maximum absolute atomic E-state index is 13.4. The van der Waals surface area contributed by atoms with Crippen LogP contribution in [0.1, 0.15) is 245 Å². The molecule has 3 atom stereocenters. The molecular formula is C58H111F15. The molecule has 0 aromatic heterocycles. The summed E-state index contributed by atoms with van der Waals surface area (Å²) in [5.74, 6) is -3.00. The maximum Gasteiger partial charge on any atom is 0.395 e. The molecule has 0 fully saturated rings. The van der Waals surface area contributed by atoms with Crippen LogP contribution in [-0.2, 0) is 0 Å². The van der Waals surface area contributed by atoms with Crippen LogP contribution in [0.2, 0.25) is 0 Å². The molecule has 0 aliphatic rings. The fraction of sp³-hybridized carbons (Fsp3) is 1.00. The minimum absolute atomic E-state index is 0.0361. The van der Waals surface area contributed by atoms with E-state index >= 15 is 0 Å². The molecule has 0 saturated heterocycles. The standard InChI is InChI=1S/2C13H25F3.C12H23F3.C11H21F3.C9H17F3/c1-8(2)11(9(3)4)12(7,10(5)6)13(14,15)16;1-6-10(7-2)12(5,13(14,15)16)11(8-3)9-4;1-7-10(5,8-2)11(6,9(3)4)12(13,14)15;1-6-9(7-2)10(5,8(3)4)11(12,13)14;1-6(2)8(5,7(3)4)9(10,11)12/h8-11H,1-7H3;10-11H,6-9H2,1-5H3;9H,7-8H2,1-6H3;8-9H,6-7H2,1-5H3;6-7H,1-5H3/t12-;;11-;10-;/m0.00./s1. The van der Waals surface area contributed by atoms with Crippen LogP contribution in [0, 0.1) is 97.6 Å². The summed E-state index contributed by atoms with van der Waals surface area (Å²) in [6, 6.07) is 0. The Morgan fingerprint density at radius 3 is 0.534 bits per heavy atom. The van der Waals surface area contributed by atoms with Gasteiger partial charge in [-0.05, 0) is 83.4 Å². The van der Waals surface area contributed by atoms with Crippen LogP contribution in [0.3, 0.4) is 0 Å². The second kappa shape index (κ2) is 30.9. The Labute approximate surface area is 438 Å². The second-order valence-corrected chi connectivity index (χ2v) is 24.4. The van der Waals surface area contributed by atoms with Crippen molar-refractivity contribution in [3.05, 3.63) is 0 Å². The molecular weight excluding hydrogens is 982 g/mol. The molecule has 0 aliphatic heterocycles. The van der Waals surface area contributed by atoms with Gasteiger partial charge in [-0.25, -0.2) is 0 Å². The molecule has 0 nitrogen and oxygen atoms in total. The van der Waals surface area contributed by atoms with Crippen molar-refractivity contribution in [3.8, 4) is 0 Å². The zero-order valence-corrected chi connectivity index (χ0v) is 51.2. The average Bonchev–Trinajstić information content (AvgIpc) is 3.22. The molecule has 0 amide bonds. The molecule has 0 radical (unpaired) electrons. The van der Waals surface area contributed by atoms with E-state index in [2.05, 4.69) is 0 Å². The van der Waals surface area contributed by atoms with Crippen LogP contribution in [0.4, 0.5) is 65.9 Å².